The summed E-state index contributed by atoms with van der Waals surface area (Å²) in [4.78, 5) is 13.6. The number of nitrogens with one attached hydrogen (secondary N) is 1. The molecule has 0 aliphatic rings. The first-order valence-electron chi connectivity index (χ1n) is 4.15. The quantitative estimate of drug-likeness (QED) is 0.704. The molecule has 0 unspecified atom stereocenters. The Bertz CT molecular complexity index is 487. The number of aliphatic hydroxyl groups is 1. The van der Waals surface area contributed by atoms with E-state index in [-0.39, 0.29) is 12.2 Å². The molecule has 0 fully saturated rings. The fourth-order valence-electron chi connectivity index (χ4n) is 1.15. The van der Waals surface area contributed by atoms with Crippen molar-refractivity contribution in [3.05, 3.63) is 46.5 Å². The van der Waals surface area contributed by atoms with E-state index in [1.807, 2.05) is 0 Å². The van der Waals surface area contributed by atoms with E-state index < -0.39 is 0 Å². The zero-order valence-corrected chi connectivity index (χ0v) is 7.34. The number of aliphatic hydroxyl groups excluding tert-OH is 1. The SMILES string of the molecule is O=c1cccc(-n2ccc(CO)n2)[nH]1. The highest BCUT2D eigenvalue weighted by Gasteiger charge is 1.99. The molecule has 2 aromatic heterocycles. The van der Waals surface area contributed by atoms with Crippen LogP contribution in [-0.2, 0) is 6.61 Å². The molecule has 0 saturated carbocycles. The van der Waals surface area contributed by atoms with E-state index in [9.17, 15) is 4.79 Å². The molecular formula is C9H9N3O2. The van der Waals surface area contributed by atoms with Gasteiger partial charge in [-0.25, -0.2) is 4.68 Å². The van der Waals surface area contributed by atoms with Crippen LogP contribution >= 0.6 is 0 Å². The van der Waals surface area contributed by atoms with Crippen molar-refractivity contribution in [3.8, 4) is 5.82 Å². The number of H-pyrrole nitrogens is 1. The lowest BCUT2D eigenvalue weighted by Crippen LogP contribution is -2.08. The molecule has 5 heteroatoms. The van der Waals surface area contributed by atoms with E-state index in [0.29, 0.717) is 11.5 Å². The third-order valence-electron chi connectivity index (χ3n) is 1.81. The Morgan fingerprint density at radius 1 is 1.43 bits per heavy atom. The van der Waals surface area contributed by atoms with Crippen molar-refractivity contribution in [2.75, 3.05) is 0 Å². The summed E-state index contributed by atoms with van der Waals surface area (Å²) < 4.78 is 1.51. The maximum Gasteiger partial charge on any atom is 0.249 e. The average molecular weight is 191 g/mol. The highest BCUT2D eigenvalue weighted by atomic mass is 16.3. The van der Waals surface area contributed by atoms with Gasteiger partial charge in [-0.15, -0.1) is 0 Å². The van der Waals surface area contributed by atoms with Gasteiger partial charge < -0.3 is 10.1 Å². The van der Waals surface area contributed by atoms with Gasteiger partial charge in [0.2, 0.25) is 5.56 Å². The van der Waals surface area contributed by atoms with Crippen molar-refractivity contribution in [3.63, 3.8) is 0 Å². The zero-order valence-electron chi connectivity index (χ0n) is 7.34. The van der Waals surface area contributed by atoms with Gasteiger partial charge in [0.25, 0.3) is 0 Å². The summed E-state index contributed by atoms with van der Waals surface area (Å²) >= 11 is 0. The number of aromatic amines is 1. The molecule has 0 aliphatic heterocycles. The van der Waals surface area contributed by atoms with Gasteiger partial charge in [0.05, 0.1) is 12.3 Å². The van der Waals surface area contributed by atoms with Crippen LogP contribution in [0.5, 0.6) is 0 Å². The van der Waals surface area contributed by atoms with Crippen molar-refractivity contribution in [1.82, 2.24) is 14.8 Å². The van der Waals surface area contributed by atoms with E-state index in [1.54, 1.807) is 24.4 Å². The second kappa shape index (κ2) is 3.47. The van der Waals surface area contributed by atoms with Crippen LogP contribution in [0.4, 0.5) is 0 Å². The van der Waals surface area contributed by atoms with Gasteiger partial charge in [-0.1, -0.05) is 6.07 Å². The summed E-state index contributed by atoms with van der Waals surface area (Å²) in [5.74, 6) is 0.581. The molecule has 0 saturated heterocycles. The van der Waals surface area contributed by atoms with E-state index in [0.717, 1.165) is 0 Å². The molecular weight excluding hydrogens is 182 g/mol. The first-order chi connectivity index (χ1) is 6.79. The summed E-state index contributed by atoms with van der Waals surface area (Å²) in [7, 11) is 0. The lowest BCUT2D eigenvalue weighted by molar-refractivity contribution is 0.276. The van der Waals surface area contributed by atoms with Crippen LogP contribution in [0.2, 0.25) is 0 Å². The van der Waals surface area contributed by atoms with Gasteiger partial charge in [-0.2, -0.15) is 5.10 Å². The number of pyridine rings is 1. The molecule has 0 radical (unpaired) electrons. The van der Waals surface area contributed by atoms with Gasteiger partial charge in [0.1, 0.15) is 5.82 Å². The number of aromatic nitrogens is 3. The number of hydrogen-bond donors (Lipinski definition) is 2. The Balaban J connectivity index is 2.44. The molecule has 0 spiro atoms. The van der Waals surface area contributed by atoms with Crippen LogP contribution in [0.15, 0.2) is 35.3 Å². The zero-order chi connectivity index (χ0) is 9.97. The highest BCUT2D eigenvalue weighted by Crippen LogP contribution is 2.01. The van der Waals surface area contributed by atoms with Crippen molar-refractivity contribution in [1.29, 1.82) is 0 Å². The van der Waals surface area contributed by atoms with Crippen LogP contribution in [0.3, 0.4) is 0 Å². The van der Waals surface area contributed by atoms with E-state index in [4.69, 9.17) is 5.11 Å². The summed E-state index contributed by atoms with van der Waals surface area (Å²) in [6, 6.07) is 6.50. The molecule has 14 heavy (non-hydrogen) atoms. The standard InChI is InChI=1S/C9H9N3O2/c13-6-7-4-5-12(11-7)8-2-1-3-9(14)10-8/h1-5,13H,6H2,(H,10,14). The largest absolute Gasteiger partial charge is 0.390 e. The highest BCUT2D eigenvalue weighted by molar-refractivity contribution is 5.20. The van der Waals surface area contributed by atoms with Crippen LogP contribution in [-0.4, -0.2) is 19.9 Å². The lowest BCUT2D eigenvalue weighted by atomic mass is 10.4. The van der Waals surface area contributed by atoms with Gasteiger partial charge in [-0.05, 0) is 12.1 Å². The molecule has 2 rings (SSSR count). The maximum absolute atomic E-state index is 11.0. The predicted molar refractivity (Wildman–Crippen MR) is 50.1 cm³/mol. The van der Waals surface area contributed by atoms with E-state index in [1.165, 1.54) is 10.7 Å². The Morgan fingerprint density at radius 3 is 2.93 bits per heavy atom. The molecule has 0 aliphatic carbocycles. The van der Waals surface area contributed by atoms with Crippen molar-refractivity contribution in [2.45, 2.75) is 6.61 Å². The monoisotopic (exact) mass is 191 g/mol. The predicted octanol–water partition coefficient (Wildman–Crippen LogP) is 0.0529. The molecule has 0 aromatic carbocycles. The third-order valence-corrected chi connectivity index (χ3v) is 1.81. The third kappa shape index (κ3) is 1.57. The Labute approximate surface area is 79.6 Å². The minimum absolute atomic E-state index is 0.107. The van der Waals surface area contributed by atoms with Crippen LogP contribution < -0.4 is 5.56 Å². The molecule has 72 valence electrons. The molecule has 2 aromatic rings. The van der Waals surface area contributed by atoms with Crippen LogP contribution in [0.25, 0.3) is 5.82 Å². The van der Waals surface area contributed by atoms with Gasteiger partial charge in [-0.3, -0.25) is 4.79 Å². The number of nitrogens with zero attached hydrogens (tertiary/aromatic N) is 2. The summed E-state index contributed by atoms with van der Waals surface area (Å²) in [6.45, 7) is -0.107. The van der Waals surface area contributed by atoms with Crippen molar-refractivity contribution < 1.29 is 5.11 Å². The molecule has 0 bridgehead atoms. The van der Waals surface area contributed by atoms with Gasteiger partial charge in [0, 0.05) is 12.3 Å². The van der Waals surface area contributed by atoms with E-state index >= 15 is 0 Å². The first kappa shape index (κ1) is 8.71. The average Bonchev–Trinajstić information content (AvgIpc) is 2.66. The summed E-state index contributed by atoms with van der Waals surface area (Å²) in [5, 5.41) is 12.8. The first-order valence-corrected chi connectivity index (χ1v) is 4.15. The van der Waals surface area contributed by atoms with Crippen LogP contribution in [0.1, 0.15) is 5.69 Å². The van der Waals surface area contributed by atoms with Gasteiger partial charge in [0.15, 0.2) is 0 Å². The Hall–Kier alpha value is -1.88. The normalized spacial score (nSPS) is 10.4. The Kier molecular flexibility index (Phi) is 2.16. The molecule has 0 atom stereocenters. The van der Waals surface area contributed by atoms with E-state index in [2.05, 4.69) is 10.1 Å². The lowest BCUT2D eigenvalue weighted by Gasteiger charge is -1.98. The second-order valence-electron chi connectivity index (χ2n) is 2.81. The number of rotatable bonds is 2. The smallest absolute Gasteiger partial charge is 0.249 e. The van der Waals surface area contributed by atoms with Crippen molar-refractivity contribution in [2.24, 2.45) is 0 Å². The molecule has 0 amide bonds. The van der Waals surface area contributed by atoms with Crippen molar-refractivity contribution >= 4 is 0 Å². The number of hydrogen-bond acceptors (Lipinski definition) is 3. The minimum atomic E-state index is -0.177. The topological polar surface area (TPSA) is 70.9 Å². The second-order valence-corrected chi connectivity index (χ2v) is 2.81. The van der Waals surface area contributed by atoms with Crippen LogP contribution in [0, 0.1) is 0 Å². The maximum atomic E-state index is 11.0. The van der Waals surface area contributed by atoms with Gasteiger partial charge >= 0.3 is 0 Å². The molecule has 5 nitrogen and oxygen atoms in total. The fourth-order valence-corrected chi connectivity index (χ4v) is 1.15. The Morgan fingerprint density at radius 2 is 2.29 bits per heavy atom. The summed E-state index contributed by atoms with van der Waals surface area (Å²) in [6.07, 6.45) is 1.68. The fraction of sp³-hybridized carbons (Fsp3) is 0.111. The molecule has 2 N–H and O–H groups in total. The molecule has 2 heterocycles. The summed E-state index contributed by atoms with van der Waals surface area (Å²) in [5.41, 5.74) is 0.387. The minimum Gasteiger partial charge on any atom is -0.390 e.